The molecule has 1 aliphatic rings. The van der Waals surface area contributed by atoms with Crippen LogP contribution in [0.4, 0.5) is 5.69 Å². The number of nitrogens with zero attached hydrogens (tertiary/aromatic N) is 1. The number of aromatic nitrogens is 1. The Kier molecular flexibility index (Phi) is 5.65. The zero-order valence-electron chi connectivity index (χ0n) is 13.0. The monoisotopic (exact) mass is 419 g/mol. The van der Waals surface area contributed by atoms with Crippen molar-refractivity contribution < 1.29 is 13.2 Å². The minimum absolute atomic E-state index is 0.0821. The van der Waals surface area contributed by atoms with Crippen LogP contribution in [0.25, 0.3) is 0 Å². The zero-order valence-corrected chi connectivity index (χ0v) is 16.1. The average molecular weight is 420 g/mol. The number of thioether (sulfide) groups is 1. The Morgan fingerprint density at radius 3 is 2.56 bits per heavy atom. The van der Waals surface area contributed by atoms with E-state index in [2.05, 4.69) is 10.3 Å². The number of sulfonamides is 1. The van der Waals surface area contributed by atoms with Crippen LogP contribution in [0.15, 0.2) is 35.4 Å². The van der Waals surface area contributed by atoms with Crippen LogP contribution in [0.5, 0.6) is 0 Å². The maximum absolute atomic E-state index is 12.6. The van der Waals surface area contributed by atoms with Crippen molar-refractivity contribution in [1.82, 2.24) is 9.29 Å². The number of nitrogens with one attached hydrogen (secondary N) is 2. The lowest BCUT2D eigenvalue weighted by Crippen LogP contribution is -2.37. The normalized spacial score (nSPS) is 15.9. The third-order valence-corrected chi connectivity index (χ3v) is 7.24. The third kappa shape index (κ3) is 4.15. The maximum Gasteiger partial charge on any atom is 0.272 e. The van der Waals surface area contributed by atoms with E-state index in [-0.39, 0.29) is 10.6 Å². The number of amides is 1. The van der Waals surface area contributed by atoms with Gasteiger partial charge in [0.05, 0.1) is 10.0 Å². The van der Waals surface area contributed by atoms with Gasteiger partial charge in [-0.1, -0.05) is 23.2 Å². The number of hydrogen-bond donors (Lipinski definition) is 2. The highest BCUT2D eigenvalue weighted by Crippen LogP contribution is 2.26. The van der Waals surface area contributed by atoms with Crippen LogP contribution in [0, 0.1) is 0 Å². The number of halogens is 2. The van der Waals surface area contributed by atoms with Crippen LogP contribution < -0.4 is 5.32 Å². The van der Waals surface area contributed by atoms with E-state index < -0.39 is 15.9 Å². The Morgan fingerprint density at radius 2 is 1.88 bits per heavy atom. The molecule has 1 aliphatic heterocycles. The Hall–Kier alpha value is -1.19. The van der Waals surface area contributed by atoms with Gasteiger partial charge in [-0.2, -0.15) is 16.1 Å². The summed E-state index contributed by atoms with van der Waals surface area (Å²) in [5.74, 6) is 1.08. The number of hydrogen-bond acceptors (Lipinski definition) is 4. The fourth-order valence-electron chi connectivity index (χ4n) is 2.36. The van der Waals surface area contributed by atoms with Crippen molar-refractivity contribution in [2.24, 2.45) is 0 Å². The van der Waals surface area contributed by atoms with Gasteiger partial charge in [-0.3, -0.25) is 4.79 Å². The second kappa shape index (κ2) is 7.59. The summed E-state index contributed by atoms with van der Waals surface area (Å²) in [6, 6.07) is 6.04. The standard InChI is InChI=1S/C15H15Cl2N3O3S2/c16-12-2-1-10(7-13(12)17)19-15(21)14-8-11(9-18-14)25(22,23)20-3-5-24-6-4-20/h1-2,7-9,18H,3-6H2,(H,19,21). The zero-order chi connectivity index (χ0) is 18.0. The molecule has 2 N–H and O–H groups in total. The van der Waals surface area contributed by atoms with Crippen molar-refractivity contribution >= 4 is 56.6 Å². The van der Waals surface area contributed by atoms with Crippen molar-refractivity contribution in [3.05, 3.63) is 46.2 Å². The van der Waals surface area contributed by atoms with Crippen LogP contribution in [0.3, 0.4) is 0 Å². The van der Waals surface area contributed by atoms with E-state index in [0.29, 0.717) is 28.8 Å². The molecule has 1 aromatic heterocycles. The largest absolute Gasteiger partial charge is 0.356 e. The number of benzene rings is 1. The summed E-state index contributed by atoms with van der Waals surface area (Å²) in [5.41, 5.74) is 0.613. The lowest BCUT2D eigenvalue weighted by atomic mass is 10.3. The molecule has 0 radical (unpaired) electrons. The molecule has 2 heterocycles. The highest BCUT2D eigenvalue weighted by Gasteiger charge is 2.27. The smallest absolute Gasteiger partial charge is 0.272 e. The molecule has 6 nitrogen and oxygen atoms in total. The van der Waals surface area contributed by atoms with Crippen LogP contribution >= 0.6 is 35.0 Å². The highest BCUT2D eigenvalue weighted by atomic mass is 35.5. The van der Waals surface area contributed by atoms with Gasteiger partial charge >= 0.3 is 0 Å². The van der Waals surface area contributed by atoms with E-state index in [1.54, 1.807) is 23.9 Å². The molecule has 2 aromatic rings. The van der Waals surface area contributed by atoms with Crippen molar-refractivity contribution in [1.29, 1.82) is 0 Å². The molecule has 1 aromatic carbocycles. The summed E-state index contributed by atoms with van der Waals surface area (Å²) in [6.45, 7) is 0.950. The predicted octanol–water partition coefficient (Wildman–Crippen LogP) is 3.31. The molecule has 0 unspecified atom stereocenters. The molecule has 10 heteroatoms. The summed E-state index contributed by atoms with van der Waals surface area (Å²) in [6.07, 6.45) is 1.33. The fraction of sp³-hybridized carbons (Fsp3) is 0.267. The Bertz CT molecular complexity index is 893. The van der Waals surface area contributed by atoms with Crippen molar-refractivity contribution in [3.63, 3.8) is 0 Å². The average Bonchev–Trinajstić information content (AvgIpc) is 3.10. The molecule has 0 atom stereocenters. The third-order valence-electron chi connectivity index (χ3n) is 3.69. The van der Waals surface area contributed by atoms with Gasteiger partial charge in [0.2, 0.25) is 10.0 Å². The van der Waals surface area contributed by atoms with Gasteiger partial charge in [0.1, 0.15) is 10.6 Å². The Morgan fingerprint density at radius 1 is 1.16 bits per heavy atom. The molecular weight excluding hydrogens is 405 g/mol. The summed E-state index contributed by atoms with van der Waals surface area (Å²) in [4.78, 5) is 15.1. The molecule has 1 amide bonds. The van der Waals surface area contributed by atoms with Gasteiger partial charge in [0.15, 0.2) is 0 Å². The van der Waals surface area contributed by atoms with Gasteiger partial charge in [-0.25, -0.2) is 8.42 Å². The number of carbonyl (C=O) groups excluding carboxylic acids is 1. The minimum atomic E-state index is -3.59. The number of rotatable bonds is 4. The molecule has 3 rings (SSSR count). The van der Waals surface area contributed by atoms with E-state index in [4.69, 9.17) is 23.2 Å². The number of anilines is 1. The summed E-state index contributed by atoms with van der Waals surface area (Å²) < 4.78 is 26.6. The number of H-pyrrole nitrogens is 1. The number of carbonyl (C=O) groups is 1. The van der Waals surface area contributed by atoms with E-state index in [1.165, 1.54) is 22.6 Å². The molecular formula is C15H15Cl2N3O3S2. The van der Waals surface area contributed by atoms with Gasteiger partial charge in [-0.05, 0) is 24.3 Å². The lowest BCUT2D eigenvalue weighted by molar-refractivity contribution is 0.102. The van der Waals surface area contributed by atoms with E-state index >= 15 is 0 Å². The molecule has 0 spiro atoms. The van der Waals surface area contributed by atoms with E-state index in [1.807, 2.05) is 0 Å². The summed E-state index contributed by atoms with van der Waals surface area (Å²) >= 11 is 13.5. The predicted molar refractivity (Wildman–Crippen MR) is 101 cm³/mol. The van der Waals surface area contributed by atoms with Gasteiger partial charge < -0.3 is 10.3 Å². The Balaban J connectivity index is 1.76. The van der Waals surface area contributed by atoms with Crippen molar-refractivity contribution in [3.8, 4) is 0 Å². The molecule has 0 bridgehead atoms. The van der Waals surface area contributed by atoms with Gasteiger partial charge in [0, 0.05) is 36.5 Å². The fourth-order valence-corrected chi connectivity index (χ4v) is 5.23. The second-order valence-corrected chi connectivity index (χ2v) is 9.33. The van der Waals surface area contributed by atoms with E-state index in [0.717, 1.165) is 11.5 Å². The van der Waals surface area contributed by atoms with Crippen LogP contribution in [0.1, 0.15) is 10.5 Å². The Labute approximate surface area is 159 Å². The summed E-state index contributed by atoms with van der Waals surface area (Å²) in [7, 11) is -3.59. The first kappa shape index (κ1) is 18.6. The van der Waals surface area contributed by atoms with Gasteiger partial charge in [0.25, 0.3) is 5.91 Å². The molecule has 0 saturated carbocycles. The SMILES string of the molecule is O=C(Nc1ccc(Cl)c(Cl)c1)c1cc(S(=O)(=O)N2CCSCC2)c[nH]1. The molecule has 25 heavy (non-hydrogen) atoms. The quantitative estimate of drug-likeness (QED) is 0.795. The number of aromatic amines is 1. The van der Waals surface area contributed by atoms with Crippen molar-refractivity contribution in [2.75, 3.05) is 29.9 Å². The maximum atomic E-state index is 12.6. The minimum Gasteiger partial charge on any atom is -0.356 e. The molecule has 134 valence electrons. The first-order valence-corrected chi connectivity index (χ1v) is 10.8. The lowest BCUT2D eigenvalue weighted by Gasteiger charge is -2.24. The summed E-state index contributed by atoms with van der Waals surface area (Å²) in [5, 5.41) is 3.34. The molecule has 1 fully saturated rings. The van der Waals surface area contributed by atoms with Crippen LogP contribution in [-0.4, -0.2) is 48.2 Å². The van der Waals surface area contributed by atoms with Gasteiger partial charge in [-0.15, -0.1) is 0 Å². The first-order valence-electron chi connectivity index (χ1n) is 7.40. The van der Waals surface area contributed by atoms with Crippen LogP contribution in [-0.2, 0) is 10.0 Å². The topological polar surface area (TPSA) is 82.3 Å². The molecule has 0 aliphatic carbocycles. The molecule has 1 saturated heterocycles. The van der Waals surface area contributed by atoms with Crippen molar-refractivity contribution in [2.45, 2.75) is 4.90 Å². The van der Waals surface area contributed by atoms with E-state index in [9.17, 15) is 13.2 Å². The first-order chi connectivity index (χ1) is 11.9. The second-order valence-electron chi connectivity index (χ2n) is 5.35. The highest BCUT2D eigenvalue weighted by molar-refractivity contribution is 7.99. The van der Waals surface area contributed by atoms with Crippen LogP contribution in [0.2, 0.25) is 10.0 Å².